The zero-order valence-electron chi connectivity index (χ0n) is 11.1. The van der Waals surface area contributed by atoms with E-state index in [9.17, 15) is 14.7 Å². The topological polar surface area (TPSA) is 79.3 Å². The third kappa shape index (κ3) is 3.03. The van der Waals surface area contributed by atoms with E-state index in [1.807, 2.05) is 0 Å². The van der Waals surface area contributed by atoms with Gasteiger partial charge >= 0.3 is 5.97 Å². The molecule has 1 aromatic heterocycles. The monoisotopic (exact) mass is 290 g/mol. The van der Waals surface area contributed by atoms with Crippen molar-refractivity contribution in [2.24, 2.45) is 0 Å². The molecule has 6 heteroatoms. The van der Waals surface area contributed by atoms with Gasteiger partial charge in [-0.3, -0.25) is 4.79 Å². The second kappa shape index (κ2) is 5.83. The smallest absolute Gasteiger partial charge is 0.330 e. The fourth-order valence-corrected chi connectivity index (χ4v) is 2.69. The molecule has 20 heavy (non-hydrogen) atoms. The normalized spacial score (nSPS) is 11.9. The molecule has 0 saturated carbocycles. The number of nitrogens with one attached hydrogen (secondary N) is 1. The molecule has 2 rings (SSSR count). The molecule has 0 unspecified atom stereocenters. The van der Waals surface area contributed by atoms with Gasteiger partial charge < -0.3 is 10.4 Å². The molecule has 0 bridgehead atoms. The highest BCUT2D eigenvalue weighted by Gasteiger charge is 2.24. The van der Waals surface area contributed by atoms with E-state index in [1.54, 1.807) is 44.2 Å². The number of thiazole rings is 1. The summed E-state index contributed by atoms with van der Waals surface area (Å²) in [4.78, 5) is 28.1. The minimum absolute atomic E-state index is 0.413. The molecule has 2 N–H and O–H groups in total. The Balaban J connectivity index is 2.23. The minimum atomic E-state index is -1.09. The Kier molecular flexibility index (Phi) is 4.14. The number of aryl methyl sites for hydroxylation is 2. The molecule has 1 atom stereocenters. The maximum absolute atomic E-state index is 12.2. The standard InChI is InChI=1S/C14H14N2O3S/c1-8-12(20-9(2)15-8)13(17)16-11(14(18)19)10-6-4-3-5-7-10/h3-7,11H,1-2H3,(H,16,17)(H,18,19)/t11-/m0/s1. The van der Waals surface area contributed by atoms with Crippen LogP contribution in [0.15, 0.2) is 30.3 Å². The predicted molar refractivity (Wildman–Crippen MR) is 75.9 cm³/mol. The van der Waals surface area contributed by atoms with Crippen molar-refractivity contribution in [1.82, 2.24) is 10.3 Å². The Morgan fingerprint density at radius 2 is 1.90 bits per heavy atom. The largest absolute Gasteiger partial charge is 0.479 e. The van der Waals surface area contributed by atoms with Gasteiger partial charge in [0.2, 0.25) is 0 Å². The molecule has 0 aliphatic heterocycles. The Hall–Kier alpha value is -2.21. The molecular formula is C14H14N2O3S. The molecule has 1 heterocycles. The highest BCUT2D eigenvalue weighted by molar-refractivity contribution is 7.13. The number of aliphatic carboxylic acids is 1. The lowest BCUT2D eigenvalue weighted by atomic mass is 10.1. The van der Waals surface area contributed by atoms with Crippen LogP contribution in [0.3, 0.4) is 0 Å². The molecule has 5 nitrogen and oxygen atoms in total. The maximum Gasteiger partial charge on any atom is 0.330 e. The fourth-order valence-electron chi connectivity index (χ4n) is 1.87. The first-order valence-electron chi connectivity index (χ1n) is 6.01. The number of nitrogens with zero attached hydrogens (tertiary/aromatic N) is 1. The number of aromatic nitrogens is 1. The van der Waals surface area contributed by atoms with Crippen LogP contribution in [-0.2, 0) is 4.79 Å². The molecule has 104 valence electrons. The highest BCUT2D eigenvalue weighted by atomic mass is 32.1. The summed E-state index contributed by atoms with van der Waals surface area (Å²) < 4.78 is 0. The summed E-state index contributed by atoms with van der Waals surface area (Å²) in [6.07, 6.45) is 0. The van der Waals surface area contributed by atoms with E-state index >= 15 is 0 Å². The van der Waals surface area contributed by atoms with Gasteiger partial charge in [0.25, 0.3) is 5.91 Å². The van der Waals surface area contributed by atoms with Crippen molar-refractivity contribution in [2.75, 3.05) is 0 Å². The van der Waals surface area contributed by atoms with Crippen LogP contribution in [0.4, 0.5) is 0 Å². The van der Waals surface area contributed by atoms with Crippen LogP contribution in [-0.4, -0.2) is 22.0 Å². The van der Waals surface area contributed by atoms with Crippen molar-refractivity contribution in [3.8, 4) is 0 Å². The fraction of sp³-hybridized carbons (Fsp3) is 0.214. The van der Waals surface area contributed by atoms with Crippen LogP contribution < -0.4 is 5.32 Å². The second-order valence-corrected chi connectivity index (χ2v) is 5.51. The van der Waals surface area contributed by atoms with Crippen LogP contribution in [0.25, 0.3) is 0 Å². The van der Waals surface area contributed by atoms with Crippen molar-refractivity contribution in [2.45, 2.75) is 19.9 Å². The first-order chi connectivity index (χ1) is 9.49. The summed E-state index contributed by atoms with van der Waals surface area (Å²) in [7, 11) is 0. The molecule has 1 amide bonds. The Labute approximate surface area is 120 Å². The van der Waals surface area contributed by atoms with E-state index in [0.29, 0.717) is 16.1 Å². The minimum Gasteiger partial charge on any atom is -0.479 e. The van der Waals surface area contributed by atoms with Crippen LogP contribution in [0.2, 0.25) is 0 Å². The first-order valence-corrected chi connectivity index (χ1v) is 6.83. The van der Waals surface area contributed by atoms with Gasteiger partial charge in [0.15, 0.2) is 6.04 Å². The number of carboxylic acid groups (broad SMARTS) is 1. The number of carboxylic acids is 1. The summed E-state index contributed by atoms with van der Waals surface area (Å²) in [5, 5.41) is 12.6. The van der Waals surface area contributed by atoms with E-state index in [2.05, 4.69) is 10.3 Å². The second-order valence-electron chi connectivity index (χ2n) is 4.30. The number of carbonyl (C=O) groups excluding carboxylic acids is 1. The van der Waals surface area contributed by atoms with Crippen molar-refractivity contribution >= 4 is 23.2 Å². The molecule has 0 fully saturated rings. The number of hydrogen-bond acceptors (Lipinski definition) is 4. The molecular weight excluding hydrogens is 276 g/mol. The number of benzene rings is 1. The Bertz CT molecular complexity index is 637. The zero-order valence-corrected chi connectivity index (χ0v) is 11.9. The van der Waals surface area contributed by atoms with Gasteiger partial charge in [0.1, 0.15) is 4.88 Å². The summed E-state index contributed by atoms with van der Waals surface area (Å²) in [5.74, 6) is -1.51. The number of hydrogen-bond donors (Lipinski definition) is 2. The average molecular weight is 290 g/mol. The van der Waals surface area contributed by atoms with Gasteiger partial charge in [-0.15, -0.1) is 11.3 Å². The van der Waals surface area contributed by atoms with Gasteiger partial charge in [-0.1, -0.05) is 30.3 Å². The average Bonchev–Trinajstić information content (AvgIpc) is 2.75. The molecule has 2 aromatic rings. The van der Waals surface area contributed by atoms with Crippen molar-refractivity contribution < 1.29 is 14.7 Å². The molecule has 0 aliphatic carbocycles. The SMILES string of the molecule is Cc1nc(C)c(C(=O)N[C@H](C(=O)O)c2ccccc2)s1. The highest BCUT2D eigenvalue weighted by Crippen LogP contribution is 2.19. The Morgan fingerprint density at radius 1 is 1.25 bits per heavy atom. The predicted octanol–water partition coefficient (Wildman–Crippen LogP) is 2.32. The van der Waals surface area contributed by atoms with Gasteiger partial charge in [0, 0.05) is 0 Å². The third-order valence-electron chi connectivity index (χ3n) is 2.77. The van der Waals surface area contributed by atoms with Crippen LogP contribution >= 0.6 is 11.3 Å². The lowest BCUT2D eigenvalue weighted by Gasteiger charge is -2.14. The van der Waals surface area contributed by atoms with Crippen LogP contribution in [0.1, 0.15) is 32.0 Å². The lowest BCUT2D eigenvalue weighted by molar-refractivity contribution is -0.139. The number of amides is 1. The molecule has 0 aliphatic rings. The third-order valence-corrected chi connectivity index (χ3v) is 3.84. The summed E-state index contributed by atoms with van der Waals surface area (Å²) in [6.45, 7) is 3.54. The molecule has 1 aromatic carbocycles. The summed E-state index contributed by atoms with van der Waals surface area (Å²) >= 11 is 1.26. The van der Waals surface area contributed by atoms with Crippen LogP contribution in [0, 0.1) is 13.8 Å². The number of rotatable bonds is 4. The van der Waals surface area contributed by atoms with Gasteiger partial charge in [-0.2, -0.15) is 0 Å². The molecule has 0 spiro atoms. The van der Waals surface area contributed by atoms with Crippen molar-refractivity contribution in [3.05, 3.63) is 51.5 Å². The van der Waals surface area contributed by atoms with Crippen molar-refractivity contribution in [1.29, 1.82) is 0 Å². The van der Waals surface area contributed by atoms with Crippen molar-refractivity contribution in [3.63, 3.8) is 0 Å². The molecule has 0 radical (unpaired) electrons. The molecule has 0 saturated heterocycles. The van der Waals surface area contributed by atoms with Gasteiger partial charge in [0.05, 0.1) is 10.7 Å². The Morgan fingerprint density at radius 3 is 2.40 bits per heavy atom. The van der Waals surface area contributed by atoms with Gasteiger partial charge in [-0.05, 0) is 19.4 Å². The first kappa shape index (κ1) is 14.2. The zero-order chi connectivity index (χ0) is 14.7. The van der Waals surface area contributed by atoms with E-state index in [0.717, 1.165) is 5.01 Å². The van der Waals surface area contributed by atoms with E-state index < -0.39 is 17.9 Å². The number of carbonyl (C=O) groups is 2. The summed E-state index contributed by atoms with van der Waals surface area (Å²) in [6, 6.07) is 7.54. The van der Waals surface area contributed by atoms with E-state index in [1.165, 1.54) is 11.3 Å². The maximum atomic E-state index is 12.2. The summed E-state index contributed by atoms with van der Waals surface area (Å²) in [5.41, 5.74) is 1.15. The van der Waals surface area contributed by atoms with E-state index in [-0.39, 0.29) is 0 Å². The van der Waals surface area contributed by atoms with Gasteiger partial charge in [-0.25, -0.2) is 9.78 Å². The quantitative estimate of drug-likeness (QED) is 0.905. The van der Waals surface area contributed by atoms with E-state index in [4.69, 9.17) is 0 Å². The lowest BCUT2D eigenvalue weighted by Crippen LogP contribution is -2.33. The van der Waals surface area contributed by atoms with Crippen LogP contribution in [0.5, 0.6) is 0 Å².